The largest absolute Gasteiger partial charge is 0.340 e. The van der Waals surface area contributed by atoms with Crippen LogP contribution in [0.2, 0.25) is 0 Å². The van der Waals surface area contributed by atoms with Crippen molar-refractivity contribution in [2.75, 3.05) is 13.1 Å². The van der Waals surface area contributed by atoms with Gasteiger partial charge in [-0.2, -0.15) is 0 Å². The molecule has 0 aliphatic carbocycles. The molecule has 0 unspecified atom stereocenters. The minimum atomic E-state index is -0.609. The van der Waals surface area contributed by atoms with Crippen molar-refractivity contribution in [1.82, 2.24) is 10.2 Å². The van der Waals surface area contributed by atoms with Crippen molar-refractivity contribution in [2.45, 2.75) is 12.3 Å². The first-order valence-electron chi connectivity index (χ1n) is 4.78. The van der Waals surface area contributed by atoms with E-state index >= 15 is 0 Å². The molecule has 2 aliphatic rings. The Morgan fingerprint density at radius 3 is 2.27 bits per heavy atom. The Hall–Kier alpha value is -1.10. The maximum absolute atomic E-state index is 11.5. The standard InChI is InChI=1S/C9H11ClN2O3/c1-4(10)9(15)12-2-5-6(3-12)8(14)11-7(5)13/h4-6H,2-3H2,1H3,(H,11,13,14)/t4-,5-,6+/m1/s1. The number of rotatable bonds is 1. The van der Waals surface area contributed by atoms with Crippen LogP contribution < -0.4 is 5.32 Å². The van der Waals surface area contributed by atoms with Gasteiger partial charge in [-0.25, -0.2) is 0 Å². The third-order valence-corrected chi connectivity index (χ3v) is 3.08. The highest BCUT2D eigenvalue weighted by molar-refractivity contribution is 6.30. The highest BCUT2D eigenvalue weighted by Gasteiger charge is 2.49. The normalized spacial score (nSPS) is 31.5. The predicted octanol–water partition coefficient (Wildman–Crippen LogP) is -0.655. The molecule has 3 atom stereocenters. The summed E-state index contributed by atoms with van der Waals surface area (Å²) in [6.07, 6.45) is 0. The molecule has 82 valence electrons. The van der Waals surface area contributed by atoms with Crippen LogP contribution >= 0.6 is 11.6 Å². The highest BCUT2D eigenvalue weighted by Crippen LogP contribution is 2.28. The van der Waals surface area contributed by atoms with Gasteiger partial charge in [0.1, 0.15) is 5.38 Å². The molecular weight excluding hydrogens is 220 g/mol. The van der Waals surface area contributed by atoms with E-state index in [1.54, 1.807) is 6.92 Å². The van der Waals surface area contributed by atoms with Crippen molar-refractivity contribution in [3.63, 3.8) is 0 Å². The lowest BCUT2D eigenvalue weighted by molar-refractivity contribution is -0.131. The summed E-state index contributed by atoms with van der Waals surface area (Å²) in [5.41, 5.74) is 0. The Kier molecular flexibility index (Phi) is 2.42. The smallest absolute Gasteiger partial charge is 0.240 e. The average Bonchev–Trinajstić information content (AvgIpc) is 2.68. The molecule has 15 heavy (non-hydrogen) atoms. The Morgan fingerprint density at radius 1 is 1.40 bits per heavy atom. The summed E-state index contributed by atoms with van der Waals surface area (Å²) in [4.78, 5) is 35.6. The van der Waals surface area contributed by atoms with Gasteiger partial charge in [0.15, 0.2) is 0 Å². The molecule has 2 aliphatic heterocycles. The Morgan fingerprint density at radius 2 is 1.87 bits per heavy atom. The van der Waals surface area contributed by atoms with E-state index in [0.29, 0.717) is 13.1 Å². The maximum Gasteiger partial charge on any atom is 0.240 e. The fourth-order valence-corrected chi connectivity index (χ4v) is 2.21. The monoisotopic (exact) mass is 230 g/mol. The summed E-state index contributed by atoms with van der Waals surface area (Å²) < 4.78 is 0. The van der Waals surface area contributed by atoms with E-state index in [2.05, 4.69) is 5.32 Å². The number of carbonyl (C=O) groups is 3. The first kappa shape index (κ1) is 10.4. The number of amides is 3. The molecule has 0 aromatic rings. The van der Waals surface area contributed by atoms with E-state index in [9.17, 15) is 14.4 Å². The Labute approximate surface area is 91.7 Å². The van der Waals surface area contributed by atoms with E-state index in [4.69, 9.17) is 11.6 Å². The first-order chi connectivity index (χ1) is 7.00. The van der Waals surface area contributed by atoms with E-state index in [1.807, 2.05) is 0 Å². The molecule has 6 heteroatoms. The average molecular weight is 231 g/mol. The summed E-state index contributed by atoms with van der Waals surface area (Å²) in [5.74, 6) is -1.52. The molecule has 0 aromatic heterocycles. The molecule has 1 N–H and O–H groups in total. The fraction of sp³-hybridized carbons (Fsp3) is 0.667. The number of fused-ring (bicyclic) bond motifs is 1. The van der Waals surface area contributed by atoms with Gasteiger partial charge < -0.3 is 4.90 Å². The summed E-state index contributed by atoms with van der Waals surface area (Å²) in [6, 6.07) is 0. The molecule has 3 amide bonds. The van der Waals surface area contributed by atoms with Crippen molar-refractivity contribution in [3.05, 3.63) is 0 Å². The van der Waals surface area contributed by atoms with Crippen LogP contribution in [-0.4, -0.2) is 41.1 Å². The second-order valence-electron chi connectivity index (χ2n) is 3.93. The molecule has 2 rings (SSSR count). The van der Waals surface area contributed by atoms with Crippen molar-refractivity contribution in [3.8, 4) is 0 Å². The van der Waals surface area contributed by atoms with Gasteiger partial charge in [0.2, 0.25) is 17.7 Å². The second kappa shape index (κ2) is 3.48. The SMILES string of the molecule is C[C@@H](Cl)C(=O)N1C[C@@H]2C(=O)NC(=O)[C@@H]2C1. The number of hydrogen-bond donors (Lipinski definition) is 1. The number of likely N-dealkylation sites (tertiary alicyclic amines) is 1. The first-order valence-corrected chi connectivity index (χ1v) is 5.22. The number of carbonyl (C=O) groups excluding carboxylic acids is 3. The molecule has 2 fully saturated rings. The quantitative estimate of drug-likeness (QED) is 0.481. The van der Waals surface area contributed by atoms with Crippen molar-refractivity contribution in [1.29, 1.82) is 0 Å². The molecule has 0 spiro atoms. The van der Waals surface area contributed by atoms with Crippen molar-refractivity contribution < 1.29 is 14.4 Å². The number of nitrogens with zero attached hydrogens (tertiary/aromatic N) is 1. The molecule has 2 saturated heterocycles. The maximum atomic E-state index is 11.5. The van der Waals surface area contributed by atoms with Crippen LogP contribution in [0.25, 0.3) is 0 Å². The molecule has 5 nitrogen and oxygen atoms in total. The van der Waals surface area contributed by atoms with E-state index in [0.717, 1.165) is 0 Å². The summed E-state index contributed by atoms with van der Waals surface area (Å²) in [6.45, 7) is 2.19. The van der Waals surface area contributed by atoms with Gasteiger partial charge in [-0.3, -0.25) is 19.7 Å². The number of hydrogen-bond acceptors (Lipinski definition) is 3. The van der Waals surface area contributed by atoms with Crippen LogP contribution in [-0.2, 0) is 14.4 Å². The molecule has 0 bridgehead atoms. The van der Waals surface area contributed by atoms with Gasteiger partial charge >= 0.3 is 0 Å². The molecule has 0 radical (unpaired) electrons. The topological polar surface area (TPSA) is 66.5 Å². The summed E-state index contributed by atoms with van der Waals surface area (Å²) >= 11 is 5.66. The van der Waals surface area contributed by atoms with E-state index < -0.39 is 5.38 Å². The zero-order chi connectivity index (χ0) is 11.2. The van der Waals surface area contributed by atoms with Gasteiger partial charge in [0, 0.05) is 13.1 Å². The number of alkyl halides is 1. The Balaban J connectivity index is 2.10. The van der Waals surface area contributed by atoms with Crippen LogP contribution in [0.3, 0.4) is 0 Å². The minimum Gasteiger partial charge on any atom is -0.340 e. The van der Waals surface area contributed by atoms with Crippen LogP contribution in [0.5, 0.6) is 0 Å². The number of nitrogens with one attached hydrogen (secondary N) is 1. The number of halogens is 1. The summed E-state index contributed by atoms with van der Waals surface area (Å²) in [7, 11) is 0. The molecular formula is C9H11ClN2O3. The van der Waals surface area contributed by atoms with Crippen LogP contribution in [0.1, 0.15) is 6.92 Å². The zero-order valence-electron chi connectivity index (χ0n) is 8.20. The highest BCUT2D eigenvalue weighted by atomic mass is 35.5. The van der Waals surface area contributed by atoms with E-state index in [1.165, 1.54) is 4.90 Å². The Bertz CT molecular complexity index is 320. The van der Waals surface area contributed by atoms with Gasteiger partial charge in [-0.1, -0.05) is 0 Å². The molecule has 0 aromatic carbocycles. The lowest BCUT2D eigenvalue weighted by Gasteiger charge is -2.18. The van der Waals surface area contributed by atoms with E-state index in [-0.39, 0.29) is 29.6 Å². The number of imide groups is 1. The zero-order valence-corrected chi connectivity index (χ0v) is 8.95. The van der Waals surface area contributed by atoms with Gasteiger partial charge in [0.25, 0.3) is 0 Å². The third kappa shape index (κ3) is 1.61. The lowest BCUT2D eigenvalue weighted by Crippen LogP contribution is -2.38. The predicted molar refractivity (Wildman–Crippen MR) is 52.0 cm³/mol. The molecule has 0 saturated carbocycles. The van der Waals surface area contributed by atoms with Gasteiger partial charge in [-0.15, -0.1) is 11.6 Å². The van der Waals surface area contributed by atoms with Crippen LogP contribution in [0.4, 0.5) is 0 Å². The van der Waals surface area contributed by atoms with Gasteiger partial charge in [0.05, 0.1) is 11.8 Å². The third-order valence-electron chi connectivity index (χ3n) is 2.89. The molecule has 2 heterocycles. The van der Waals surface area contributed by atoms with Gasteiger partial charge in [-0.05, 0) is 6.92 Å². The minimum absolute atomic E-state index is 0.216. The van der Waals surface area contributed by atoms with Crippen LogP contribution in [0, 0.1) is 11.8 Å². The second-order valence-corrected chi connectivity index (χ2v) is 4.58. The summed E-state index contributed by atoms with van der Waals surface area (Å²) in [5, 5.41) is 1.65. The van der Waals surface area contributed by atoms with Crippen molar-refractivity contribution in [2.24, 2.45) is 11.8 Å². The fourth-order valence-electron chi connectivity index (χ4n) is 2.07. The van der Waals surface area contributed by atoms with Crippen LogP contribution in [0.15, 0.2) is 0 Å². The lowest BCUT2D eigenvalue weighted by atomic mass is 10.00. The van der Waals surface area contributed by atoms with Crippen molar-refractivity contribution >= 4 is 29.3 Å².